The SMILES string of the molecule is CC(C)C1(C)C=CN=CN=C1. The molecule has 1 aliphatic rings. The minimum atomic E-state index is 0.0660. The Hall–Kier alpha value is -0.920. The van der Waals surface area contributed by atoms with Gasteiger partial charge in [0.1, 0.15) is 6.34 Å². The van der Waals surface area contributed by atoms with Crippen molar-refractivity contribution in [1.29, 1.82) is 0 Å². The molecule has 0 aromatic rings. The molecule has 1 heterocycles. The molecule has 1 rings (SSSR count). The van der Waals surface area contributed by atoms with Crippen LogP contribution in [0.2, 0.25) is 0 Å². The van der Waals surface area contributed by atoms with Crippen molar-refractivity contribution in [2.75, 3.05) is 0 Å². The first-order chi connectivity index (χ1) is 5.15. The van der Waals surface area contributed by atoms with Crippen molar-refractivity contribution >= 4 is 12.6 Å². The zero-order chi connectivity index (χ0) is 8.32. The van der Waals surface area contributed by atoms with Crippen molar-refractivity contribution in [2.45, 2.75) is 20.8 Å². The molecule has 0 fully saturated rings. The lowest BCUT2D eigenvalue weighted by atomic mass is 9.80. The maximum Gasteiger partial charge on any atom is 0.114 e. The number of rotatable bonds is 1. The fourth-order valence-corrected chi connectivity index (χ4v) is 0.859. The van der Waals surface area contributed by atoms with E-state index in [0.717, 1.165) is 0 Å². The van der Waals surface area contributed by atoms with Gasteiger partial charge in [-0.2, -0.15) is 0 Å². The summed E-state index contributed by atoms with van der Waals surface area (Å²) in [6, 6.07) is 0. The van der Waals surface area contributed by atoms with Crippen LogP contribution in [0, 0.1) is 11.3 Å². The molecule has 0 radical (unpaired) electrons. The van der Waals surface area contributed by atoms with Crippen molar-refractivity contribution in [2.24, 2.45) is 21.3 Å². The van der Waals surface area contributed by atoms with Crippen molar-refractivity contribution in [3.63, 3.8) is 0 Å². The molecule has 0 aromatic carbocycles. The molecular weight excluding hydrogens is 136 g/mol. The number of allylic oxidation sites excluding steroid dienone is 1. The molecule has 2 heteroatoms. The van der Waals surface area contributed by atoms with Gasteiger partial charge in [-0.05, 0) is 5.92 Å². The van der Waals surface area contributed by atoms with Gasteiger partial charge in [0.2, 0.25) is 0 Å². The normalized spacial score (nSPS) is 29.5. The lowest BCUT2D eigenvalue weighted by Crippen LogP contribution is -2.22. The second-order valence-corrected chi connectivity index (χ2v) is 3.38. The highest BCUT2D eigenvalue weighted by atomic mass is 14.8. The maximum absolute atomic E-state index is 4.07. The van der Waals surface area contributed by atoms with Gasteiger partial charge in [-0.1, -0.05) is 26.8 Å². The van der Waals surface area contributed by atoms with Gasteiger partial charge in [0, 0.05) is 17.8 Å². The highest BCUT2D eigenvalue weighted by Crippen LogP contribution is 2.26. The van der Waals surface area contributed by atoms with E-state index in [0.29, 0.717) is 5.92 Å². The first-order valence-electron chi connectivity index (χ1n) is 3.89. The van der Waals surface area contributed by atoms with Crippen molar-refractivity contribution in [3.8, 4) is 0 Å². The van der Waals surface area contributed by atoms with E-state index in [1.807, 2.05) is 12.4 Å². The number of nitrogens with zero attached hydrogens (tertiary/aromatic N) is 2. The summed E-state index contributed by atoms with van der Waals surface area (Å²) >= 11 is 0. The summed E-state index contributed by atoms with van der Waals surface area (Å²) in [6.45, 7) is 6.52. The molecule has 60 valence electrons. The number of aliphatic imine (C=N–C) groups is 2. The van der Waals surface area contributed by atoms with Crippen LogP contribution in [0.25, 0.3) is 0 Å². The molecule has 11 heavy (non-hydrogen) atoms. The van der Waals surface area contributed by atoms with Gasteiger partial charge in [-0.25, -0.2) is 9.98 Å². The topological polar surface area (TPSA) is 24.7 Å². The Kier molecular flexibility index (Phi) is 2.22. The number of hydrogen-bond donors (Lipinski definition) is 0. The summed E-state index contributed by atoms with van der Waals surface area (Å²) in [6.07, 6.45) is 7.42. The van der Waals surface area contributed by atoms with E-state index in [4.69, 9.17) is 0 Å². The summed E-state index contributed by atoms with van der Waals surface area (Å²) in [5, 5.41) is 0. The van der Waals surface area contributed by atoms with Gasteiger partial charge in [-0.15, -0.1) is 0 Å². The van der Waals surface area contributed by atoms with Gasteiger partial charge in [0.05, 0.1) is 0 Å². The molecular formula is C9H14N2. The highest BCUT2D eigenvalue weighted by Gasteiger charge is 2.23. The first kappa shape index (κ1) is 8.18. The summed E-state index contributed by atoms with van der Waals surface area (Å²) < 4.78 is 0. The monoisotopic (exact) mass is 150 g/mol. The van der Waals surface area contributed by atoms with E-state index >= 15 is 0 Å². The fourth-order valence-electron chi connectivity index (χ4n) is 0.859. The van der Waals surface area contributed by atoms with E-state index in [9.17, 15) is 0 Å². The van der Waals surface area contributed by atoms with E-state index in [1.54, 1.807) is 6.34 Å². The Morgan fingerprint density at radius 2 is 2.00 bits per heavy atom. The van der Waals surface area contributed by atoms with E-state index in [-0.39, 0.29) is 5.41 Å². The molecule has 0 aromatic heterocycles. The van der Waals surface area contributed by atoms with Crippen LogP contribution in [0.15, 0.2) is 22.3 Å². The summed E-state index contributed by atoms with van der Waals surface area (Å²) in [4.78, 5) is 8.01. The van der Waals surface area contributed by atoms with Gasteiger partial charge >= 0.3 is 0 Å². The quantitative estimate of drug-likeness (QED) is 0.548. The fraction of sp³-hybridized carbons (Fsp3) is 0.556. The Bertz CT molecular complexity index is 196. The molecule has 1 aliphatic heterocycles. The van der Waals surface area contributed by atoms with Crippen LogP contribution in [-0.4, -0.2) is 12.6 Å². The standard InChI is InChI=1S/C9H14N2/c1-8(2)9(3)4-5-10-7-11-6-9/h4-8H,1-3H3. The molecule has 1 atom stereocenters. The Morgan fingerprint density at radius 1 is 1.27 bits per heavy atom. The molecule has 0 amide bonds. The predicted octanol–water partition coefficient (Wildman–Crippen LogP) is 2.28. The van der Waals surface area contributed by atoms with Gasteiger partial charge in [-0.3, -0.25) is 0 Å². The van der Waals surface area contributed by atoms with E-state index < -0.39 is 0 Å². The Balaban J connectivity index is 2.87. The Labute approximate surface area is 67.8 Å². The van der Waals surface area contributed by atoms with Crippen LogP contribution in [-0.2, 0) is 0 Å². The Morgan fingerprint density at radius 3 is 2.64 bits per heavy atom. The molecule has 0 bridgehead atoms. The molecule has 2 nitrogen and oxygen atoms in total. The minimum Gasteiger partial charge on any atom is -0.248 e. The summed E-state index contributed by atoms with van der Waals surface area (Å²) in [7, 11) is 0. The van der Waals surface area contributed by atoms with E-state index in [1.165, 1.54) is 0 Å². The molecule has 0 saturated carbocycles. The second kappa shape index (κ2) is 2.99. The van der Waals surface area contributed by atoms with Gasteiger partial charge < -0.3 is 0 Å². The van der Waals surface area contributed by atoms with Gasteiger partial charge in [0.15, 0.2) is 0 Å². The lowest BCUT2D eigenvalue weighted by Gasteiger charge is -2.24. The lowest BCUT2D eigenvalue weighted by molar-refractivity contribution is 0.424. The maximum atomic E-state index is 4.07. The number of hydrogen-bond acceptors (Lipinski definition) is 2. The smallest absolute Gasteiger partial charge is 0.114 e. The highest BCUT2D eigenvalue weighted by molar-refractivity contribution is 5.79. The molecule has 0 aliphatic carbocycles. The van der Waals surface area contributed by atoms with Crippen LogP contribution in [0.5, 0.6) is 0 Å². The molecule has 0 spiro atoms. The van der Waals surface area contributed by atoms with E-state index in [2.05, 4.69) is 36.8 Å². The molecule has 0 saturated heterocycles. The summed E-state index contributed by atoms with van der Waals surface area (Å²) in [5.74, 6) is 0.559. The molecule has 1 unspecified atom stereocenters. The largest absolute Gasteiger partial charge is 0.248 e. The van der Waals surface area contributed by atoms with Gasteiger partial charge in [0.25, 0.3) is 0 Å². The van der Waals surface area contributed by atoms with Crippen molar-refractivity contribution in [3.05, 3.63) is 12.3 Å². The third-order valence-electron chi connectivity index (χ3n) is 2.25. The van der Waals surface area contributed by atoms with Crippen molar-refractivity contribution in [1.82, 2.24) is 0 Å². The molecule has 0 N–H and O–H groups in total. The minimum absolute atomic E-state index is 0.0660. The second-order valence-electron chi connectivity index (χ2n) is 3.38. The average molecular weight is 150 g/mol. The van der Waals surface area contributed by atoms with Crippen LogP contribution in [0.4, 0.5) is 0 Å². The third-order valence-corrected chi connectivity index (χ3v) is 2.25. The van der Waals surface area contributed by atoms with Crippen LogP contribution in [0.1, 0.15) is 20.8 Å². The third kappa shape index (κ3) is 1.76. The predicted molar refractivity (Wildman–Crippen MR) is 49.1 cm³/mol. The van der Waals surface area contributed by atoms with Crippen LogP contribution >= 0.6 is 0 Å². The van der Waals surface area contributed by atoms with Crippen molar-refractivity contribution < 1.29 is 0 Å². The zero-order valence-electron chi connectivity index (χ0n) is 7.28. The zero-order valence-corrected chi connectivity index (χ0v) is 7.28. The first-order valence-corrected chi connectivity index (χ1v) is 3.89. The summed E-state index contributed by atoms with van der Waals surface area (Å²) in [5.41, 5.74) is 0.0660. The van der Waals surface area contributed by atoms with Crippen LogP contribution in [0.3, 0.4) is 0 Å². The van der Waals surface area contributed by atoms with Crippen LogP contribution < -0.4 is 0 Å². The average Bonchev–Trinajstić information content (AvgIpc) is 2.15.